The average molecular weight is 273 g/mol. The Bertz CT molecular complexity index is 436. The van der Waals surface area contributed by atoms with Crippen molar-refractivity contribution in [3.05, 3.63) is 29.8 Å². The number of amides is 1. The second-order valence-electron chi connectivity index (χ2n) is 4.17. The van der Waals surface area contributed by atoms with Gasteiger partial charge in [0.05, 0.1) is 11.7 Å². The van der Waals surface area contributed by atoms with Crippen LogP contribution in [0.2, 0.25) is 0 Å². The monoisotopic (exact) mass is 273 g/mol. The summed E-state index contributed by atoms with van der Waals surface area (Å²) < 4.78 is 24.7. The van der Waals surface area contributed by atoms with Gasteiger partial charge >= 0.3 is 0 Å². The van der Waals surface area contributed by atoms with Crippen molar-refractivity contribution in [3.63, 3.8) is 0 Å². The Balaban J connectivity index is 2.04. The highest BCUT2D eigenvalue weighted by molar-refractivity contribution is 7.99. The van der Waals surface area contributed by atoms with Crippen LogP contribution >= 0.6 is 11.8 Å². The number of hydrogen-bond donors (Lipinski definition) is 2. The van der Waals surface area contributed by atoms with E-state index in [0.29, 0.717) is 24.6 Å². The molecule has 98 valence electrons. The zero-order chi connectivity index (χ0) is 13.1. The van der Waals surface area contributed by atoms with Crippen LogP contribution in [0.1, 0.15) is 23.2 Å². The van der Waals surface area contributed by atoms with Gasteiger partial charge < -0.3 is 10.4 Å². The Labute approximate surface area is 108 Å². The predicted molar refractivity (Wildman–Crippen MR) is 64.8 cm³/mol. The Morgan fingerprint density at radius 3 is 2.67 bits per heavy atom. The van der Waals surface area contributed by atoms with Gasteiger partial charge in [0, 0.05) is 10.9 Å². The molecule has 0 aliphatic heterocycles. The molecule has 18 heavy (non-hydrogen) atoms. The summed E-state index contributed by atoms with van der Waals surface area (Å²) in [5.74, 6) is -2.92. The summed E-state index contributed by atoms with van der Waals surface area (Å²) in [5.41, 5.74) is 0.254. The van der Waals surface area contributed by atoms with Crippen molar-refractivity contribution in [2.24, 2.45) is 0 Å². The van der Waals surface area contributed by atoms with Gasteiger partial charge in [-0.25, -0.2) is 0 Å². The Kier molecular flexibility index (Phi) is 4.19. The van der Waals surface area contributed by atoms with E-state index in [-0.39, 0.29) is 28.5 Å². The smallest absolute Gasteiger partial charge is 0.288 e. The highest BCUT2D eigenvalue weighted by atomic mass is 32.2. The molecule has 1 amide bonds. The molecule has 0 heterocycles. The summed E-state index contributed by atoms with van der Waals surface area (Å²) in [6.07, 6.45) is 0.687. The van der Waals surface area contributed by atoms with Crippen LogP contribution in [-0.4, -0.2) is 28.9 Å². The first-order chi connectivity index (χ1) is 8.56. The van der Waals surface area contributed by atoms with E-state index < -0.39 is 5.76 Å². The fourth-order valence-electron chi connectivity index (χ4n) is 1.82. The topological polar surface area (TPSA) is 49.3 Å². The van der Waals surface area contributed by atoms with Gasteiger partial charge in [-0.05, 0) is 25.0 Å². The average Bonchev–Trinajstić information content (AvgIpc) is 2.26. The predicted octanol–water partition coefficient (Wildman–Crippen LogP) is 2.25. The molecular formula is C12H13F2NO2S. The molecular weight excluding hydrogens is 260 g/mol. The number of nitrogens with one attached hydrogen (secondary N) is 1. The molecule has 0 saturated heterocycles. The fraction of sp³-hybridized carbons (Fsp3) is 0.417. The van der Waals surface area contributed by atoms with Gasteiger partial charge in [-0.2, -0.15) is 8.78 Å². The molecule has 0 aromatic heterocycles. The van der Waals surface area contributed by atoms with Gasteiger partial charge in [0.2, 0.25) is 0 Å². The van der Waals surface area contributed by atoms with Crippen LogP contribution in [0.5, 0.6) is 0 Å². The summed E-state index contributed by atoms with van der Waals surface area (Å²) in [5, 5.41) is 11.8. The Morgan fingerprint density at radius 2 is 2.06 bits per heavy atom. The van der Waals surface area contributed by atoms with Crippen molar-refractivity contribution >= 4 is 17.7 Å². The number of thioether (sulfide) groups is 1. The fourth-order valence-corrected chi connectivity index (χ4v) is 2.46. The number of carbonyl (C=O) groups is 1. The first-order valence-corrected chi connectivity index (χ1v) is 6.47. The van der Waals surface area contributed by atoms with E-state index in [0.717, 1.165) is 0 Å². The van der Waals surface area contributed by atoms with Crippen molar-refractivity contribution in [3.8, 4) is 0 Å². The second kappa shape index (κ2) is 5.67. The van der Waals surface area contributed by atoms with E-state index >= 15 is 0 Å². The maximum atomic E-state index is 12.4. The molecule has 1 saturated carbocycles. The van der Waals surface area contributed by atoms with Crippen LogP contribution in [-0.2, 0) is 0 Å². The zero-order valence-corrected chi connectivity index (χ0v) is 10.3. The third-order valence-electron chi connectivity index (χ3n) is 2.80. The van der Waals surface area contributed by atoms with Crippen molar-refractivity contribution in [1.82, 2.24) is 5.32 Å². The van der Waals surface area contributed by atoms with Crippen LogP contribution < -0.4 is 5.32 Å². The van der Waals surface area contributed by atoms with Crippen LogP contribution in [0.3, 0.4) is 0 Å². The van der Waals surface area contributed by atoms with Crippen molar-refractivity contribution in [2.75, 3.05) is 0 Å². The van der Waals surface area contributed by atoms with E-state index in [9.17, 15) is 13.6 Å². The first-order valence-electron chi connectivity index (χ1n) is 5.59. The van der Waals surface area contributed by atoms with E-state index in [4.69, 9.17) is 5.11 Å². The lowest BCUT2D eigenvalue weighted by Crippen LogP contribution is -2.46. The molecule has 2 rings (SSSR count). The van der Waals surface area contributed by atoms with Crippen molar-refractivity contribution < 1.29 is 18.7 Å². The highest BCUT2D eigenvalue weighted by Crippen LogP contribution is 2.29. The van der Waals surface area contributed by atoms with Crippen LogP contribution in [0, 0.1) is 0 Å². The number of aliphatic hydroxyl groups excluding tert-OH is 1. The third kappa shape index (κ3) is 3.20. The summed E-state index contributed by atoms with van der Waals surface area (Å²) in [7, 11) is 0. The molecule has 0 unspecified atom stereocenters. The van der Waals surface area contributed by atoms with Gasteiger partial charge in [-0.15, -0.1) is 0 Å². The normalized spacial score (nSPS) is 22.7. The second-order valence-corrected chi connectivity index (χ2v) is 5.20. The molecule has 3 nitrogen and oxygen atoms in total. The maximum absolute atomic E-state index is 12.4. The summed E-state index contributed by atoms with van der Waals surface area (Å²) in [6.45, 7) is 0. The third-order valence-corrected chi connectivity index (χ3v) is 3.58. The molecule has 6 heteroatoms. The highest BCUT2D eigenvalue weighted by Gasteiger charge is 2.29. The molecule has 1 aromatic rings. The summed E-state index contributed by atoms with van der Waals surface area (Å²) in [6, 6.07) is 6.22. The molecule has 0 atom stereocenters. The molecule has 0 spiro atoms. The van der Waals surface area contributed by atoms with Crippen LogP contribution in [0.4, 0.5) is 8.78 Å². The van der Waals surface area contributed by atoms with Gasteiger partial charge in [-0.1, -0.05) is 23.9 Å². The number of rotatable bonds is 4. The van der Waals surface area contributed by atoms with E-state index in [1.165, 1.54) is 12.1 Å². The molecule has 0 bridgehead atoms. The van der Waals surface area contributed by atoms with Gasteiger partial charge in [0.1, 0.15) is 0 Å². The van der Waals surface area contributed by atoms with Gasteiger partial charge in [-0.3, -0.25) is 4.79 Å². The number of alkyl halides is 2. The standard InChI is InChI=1S/C12H13F2NO2S/c13-12(14)18-10-4-2-1-3-9(10)11(17)15-7-5-8(16)6-7/h1-4,7-8,12,16H,5-6H2,(H,15,17). The summed E-state index contributed by atoms with van der Waals surface area (Å²) in [4.78, 5) is 12.2. The van der Waals surface area contributed by atoms with Crippen molar-refractivity contribution in [1.29, 1.82) is 0 Å². The number of aliphatic hydroxyl groups is 1. The van der Waals surface area contributed by atoms with E-state index in [1.54, 1.807) is 12.1 Å². The van der Waals surface area contributed by atoms with Crippen LogP contribution in [0.15, 0.2) is 29.2 Å². The number of carbonyl (C=O) groups excluding carboxylic acids is 1. The molecule has 1 aliphatic carbocycles. The van der Waals surface area contributed by atoms with E-state index in [1.807, 2.05) is 0 Å². The quantitative estimate of drug-likeness (QED) is 0.827. The molecule has 0 radical (unpaired) electrons. The first kappa shape index (κ1) is 13.3. The van der Waals surface area contributed by atoms with Gasteiger partial charge in [0.25, 0.3) is 11.7 Å². The van der Waals surface area contributed by atoms with E-state index in [2.05, 4.69) is 5.32 Å². The van der Waals surface area contributed by atoms with Gasteiger partial charge in [0.15, 0.2) is 0 Å². The zero-order valence-electron chi connectivity index (χ0n) is 9.48. The minimum absolute atomic E-state index is 0.0582. The lowest BCUT2D eigenvalue weighted by atomic mass is 9.89. The molecule has 1 fully saturated rings. The Morgan fingerprint density at radius 1 is 1.39 bits per heavy atom. The lowest BCUT2D eigenvalue weighted by molar-refractivity contribution is 0.0561. The lowest BCUT2D eigenvalue weighted by Gasteiger charge is -2.32. The molecule has 2 N–H and O–H groups in total. The number of hydrogen-bond acceptors (Lipinski definition) is 3. The number of benzene rings is 1. The largest absolute Gasteiger partial charge is 0.393 e. The molecule has 1 aliphatic rings. The summed E-state index contributed by atoms with van der Waals surface area (Å²) >= 11 is 0.363. The minimum Gasteiger partial charge on any atom is -0.393 e. The van der Waals surface area contributed by atoms with Crippen molar-refractivity contribution in [2.45, 2.75) is 35.6 Å². The Hall–Kier alpha value is -1.14. The van der Waals surface area contributed by atoms with Crippen LogP contribution in [0.25, 0.3) is 0 Å². The SMILES string of the molecule is O=C(NC1CC(O)C1)c1ccccc1SC(F)F. The minimum atomic E-state index is -2.55. The number of halogens is 2. The maximum Gasteiger partial charge on any atom is 0.288 e. The molecule has 1 aromatic carbocycles.